The van der Waals surface area contributed by atoms with Gasteiger partial charge in [0.25, 0.3) is 0 Å². The summed E-state index contributed by atoms with van der Waals surface area (Å²) in [6.45, 7) is 0. The Labute approximate surface area is 128 Å². The molecule has 5 nitrogen and oxygen atoms in total. The molecule has 0 bridgehead atoms. The Bertz CT molecular complexity index is 418. The topological polar surface area (TPSA) is 59.1 Å². The van der Waals surface area contributed by atoms with Crippen molar-refractivity contribution in [2.24, 2.45) is 12.9 Å². The van der Waals surface area contributed by atoms with E-state index in [1.54, 1.807) is 0 Å². The van der Waals surface area contributed by atoms with E-state index in [4.69, 9.17) is 5.84 Å². The van der Waals surface area contributed by atoms with Gasteiger partial charge in [-0.15, -0.1) is 0 Å². The third kappa shape index (κ3) is 3.84. The molecule has 0 saturated heterocycles. The van der Waals surface area contributed by atoms with Crippen LogP contribution in [0.4, 0.5) is 0 Å². The lowest BCUT2D eigenvalue weighted by Gasteiger charge is -2.45. The van der Waals surface area contributed by atoms with Gasteiger partial charge in [0.15, 0.2) is 0 Å². The highest BCUT2D eigenvalue weighted by molar-refractivity contribution is 5.06. The second-order valence-corrected chi connectivity index (χ2v) is 6.69. The predicted molar refractivity (Wildman–Crippen MR) is 86.8 cm³/mol. The molecule has 2 rings (SSSR count). The van der Waals surface area contributed by atoms with E-state index >= 15 is 0 Å². The zero-order valence-corrected chi connectivity index (χ0v) is 13.8. The molecule has 1 saturated carbocycles. The number of hydrogen-bond acceptors (Lipinski definition) is 4. The Kier molecular flexibility index (Phi) is 5.79. The van der Waals surface area contributed by atoms with E-state index in [2.05, 4.69) is 35.7 Å². The maximum absolute atomic E-state index is 5.95. The van der Waals surface area contributed by atoms with Crippen molar-refractivity contribution in [3.8, 4) is 0 Å². The number of hydrogen-bond donors (Lipinski definition) is 2. The molecule has 0 amide bonds. The first-order valence-electron chi connectivity index (χ1n) is 8.19. The average molecular weight is 293 g/mol. The van der Waals surface area contributed by atoms with E-state index in [0.717, 1.165) is 12.8 Å². The van der Waals surface area contributed by atoms with Crippen LogP contribution in [0.25, 0.3) is 0 Å². The van der Waals surface area contributed by atoms with E-state index in [9.17, 15) is 0 Å². The van der Waals surface area contributed by atoms with E-state index in [-0.39, 0.29) is 5.54 Å². The number of aromatic nitrogens is 2. The van der Waals surface area contributed by atoms with Crippen molar-refractivity contribution in [3.05, 3.63) is 18.0 Å². The van der Waals surface area contributed by atoms with Gasteiger partial charge >= 0.3 is 0 Å². The molecular weight excluding hydrogens is 262 g/mol. The summed E-state index contributed by atoms with van der Waals surface area (Å²) < 4.78 is 1.87. The van der Waals surface area contributed by atoms with Gasteiger partial charge in [0.1, 0.15) is 0 Å². The number of nitrogens with two attached hydrogens (primary N) is 1. The van der Waals surface area contributed by atoms with Gasteiger partial charge in [-0.25, -0.2) is 0 Å². The molecule has 0 spiro atoms. The Morgan fingerprint density at radius 2 is 2.00 bits per heavy atom. The molecule has 1 aliphatic carbocycles. The molecule has 0 aromatic carbocycles. The third-order valence-corrected chi connectivity index (χ3v) is 5.19. The summed E-state index contributed by atoms with van der Waals surface area (Å²) in [6.07, 6.45) is 14.0. The number of rotatable bonds is 6. The Hall–Kier alpha value is -0.910. The van der Waals surface area contributed by atoms with Crippen molar-refractivity contribution in [2.75, 3.05) is 14.1 Å². The van der Waals surface area contributed by atoms with Crippen LogP contribution < -0.4 is 11.3 Å². The summed E-state index contributed by atoms with van der Waals surface area (Å²) in [7, 11) is 6.38. The molecule has 0 radical (unpaired) electrons. The van der Waals surface area contributed by atoms with Gasteiger partial charge < -0.3 is 4.90 Å². The molecule has 1 unspecified atom stereocenters. The van der Waals surface area contributed by atoms with E-state index < -0.39 is 0 Å². The third-order valence-electron chi connectivity index (χ3n) is 5.19. The van der Waals surface area contributed by atoms with Gasteiger partial charge in [0.2, 0.25) is 0 Å². The number of nitrogens with zero attached hydrogens (tertiary/aromatic N) is 3. The minimum atomic E-state index is 0.188. The van der Waals surface area contributed by atoms with Gasteiger partial charge in [0.05, 0.1) is 6.20 Å². The lowest BCUT2D eigenvalue weighted by atomic mass is 9.79. The quantitative estimate of drug-likeness (QED) is 0.477. The van der Waals surface area contributed by atoms with Crippen molar-refractivity contribution in [1.29, 1.82) is 0 Å². The molecule has 1 heterocycles. The summed E-state index contributed by atoms with van der Waals surface area (Å²) in [6, 6.07) is 0.325. The monoisotopic (exact) mass is 293 g/mol. The zero-order chi connectivity index (χ0) is 15.3. The van der Waals surface area contributed by atoms with Crippen LogP contribution in [0.2, 0.25) is 0 Å². The standard InChI is InChI=1S/C16H31N5/c1-20(2)16(10-6-4-5-7-11-16)15(19-17)9-8-14-12-18-21(3)13-14/h12-13,15,19H,4-11,17H2,1-3H3. The number of likely N-dealkylation sites (N-methyl/N-ethyl adjacent to an activating group) is 1. The van der Waals surface area contributed by atoms with E-state index in [0.29, 0.717) is 6.04 Å². The van der Waals surface area contributed by atoms with Gasteiger partial charge in [-0.1, -0.05) is 25.7 Å². The Balaban J connectivity index is 2.07. The highest BCUT2D eigenvalue weighted by atomic mass is 15.3. The van der Waals surface area contributed by atoms with Crippen LogP contribution in [0.3, 0.4) is 0 Å². The average Bonchev–Trinajstić information content (AvgIpc) is 2.73. The lowest BCUT2D eigenvalue weighted by Crippen LogP contribution is -2.60. The number of aryl methyl sites for hydroxylation is 2. The van der Waals surface area contributed by atoms with Crippen molar-refractivity contribution < 1.29 is 0 Å². The van der Waals surface area contributed by atoms with Crippen LogP contribution in [0.15, 0.2) is 12.4 Å². The molecule has 1 aliphatic rings. The lowest BCUT2D eigenvalue weighted by molar-refractivity contribution is 0.0764. The first kappa shape index (κ1) is 16.5. The minimum Gasteiger partial charge on any atom is -0.302 e. The fourth-order valence-corrected chi connectivity index (χ4v) is 3.87. The second kappa shape index (κ2) is 7.38. The summed E-state index contributed by atoms with van der Waals surface area (Å²) in [5, 5.41) is 4.25. The maximum Gasteiger partial charge on any atom is 0.0521 e. The molecule has 1 aromatic rings. The maximum atomic E-state index is 5.95. The number of nitrogens with one attached hydrogen (secondary N) is 1. The first-order valence-corrected chi connectivity index (χ1v) is 8.19. The van der Waals surface area contributed by atoms with Crippen LogP contribution in [-0.2, 0) is 13.5 Å². The molecule has 120 valence electrons. The van der Waals surface area contributed by atoms with Gasteiger partial charge in [-0.05, 0) is 45.3 Å². The summed E-state index contributed by atoms with van der Waals surface area (Å²) in [5.41, 5.74) is 4.61. The van der Waals surface area contributed by atoms with Crippen LogP contribution in [0, 0.1) is 0 Å². The van der Waals surface area contributed by atoms with Crippen LogP contribution in [0.5, 0.6) is 0 Å². The molecule has 5 heteroatoms. The smallest absolute Gasteiger partial charge is 0.0521 e. The molecule has 21 heavy (non-hydrogen) atoms. The van der Waals surface area contributed by atoms with Crippen molar-refractivity contribution in [2.45, 2.75) is 62.9 Å². The fourth-order valence-electron chi connectivity index (χ4n) is 3.87. The summed E-state index contributed by atoms with van der Waals surface area (Å²) in [5.74, 6) is 5.95. The second-order valence-electron chi connectivity index (χ2n) is 6.69. The van der Waals surface area contributed by atoms with Gasteiger partial charge in [-0.2, -0.15) is 5.10 Å². The zero-order valence-electron chi connectivity index (χ0n) is 13.8. The molecule has 1 atom stereocenters. The normalized spacial score (nSPS) is 20.4. The van der Waals surface area contributed by atoms with E-state index in [1.165, 1.54) is 44.1 Å². The molecule has 1 fully saturated rings. The van der Waals surface area contributed by atoms with Crippen molar-refractivity contribution in [1.82, 2.24) is 20.1 Å². The Morgan fingerprint density at radius 1 is 1.33 bits per heavy atom. The van der Waals surface area contributed by atoms with Crippen molar-refractivity contribution >= 4 is 0 Å². The fraction of sp³-hybridized carbons (Fsp3) is 0.812. The van der Waals surface area contributed by atoms with Crippen molar-refractivity contribution in [3.63, 3.8) is 0 Å². The Morgan fingerprint density at radius 3 is 2.48 bits per heavy atom. The summed E-state index contributed by atoms with van der Waals surface area (Å²) in [4.78, 5) is 2.41. The van der Waals surface area contributed by atoms with Crippen LogP contribution in [0.1, 0.15) is 50.5 Å². The number of hydrazine groups is 1. The first-order chi connectivity index (χ1) is 10.1. The molecular formula is C16H31N5. The van der Waals surface area contributed by atoms with Gasteiger partial charge in [0, 0.05) is 24.8 Å². The SMILES string of the molecule is CN(C)C1(C(CCc2cnn(C)c2)NN)CCCCCC1. The predicted octanol–water partition coefficient (Wildman–Crippen LogP) is 1.84. The largest absolute Gasteiger partial charge is 0.302 e. The van der Waals surface area contributed by atoms with Crippen LogP contribution in [-0.4, -0.2) is 40.4 Å². The molecule has 1 aromatic heterocycles. The molecule has 3 N–H and O–H groups in total. The van der Waals surface area contributed by atoms with Gasteiger partial charge in [-0.3, -0.25) is 16.0 Å². The molecule has 0 aliphatic heterocycles. The highest BCUT2D eigenvalue weighted by Gasteiger charge is 2.40. The van der Waals surface area contributed by atoms with Crippen LogP contribution >= 0.6 is 0 Å². The van der Waals surface area contributed by atoms with E-state index in [1.807, 2.05) is 17.9 Å². The minimum absolute atomic E-state index is 0.188. The highest BCUT2D eigenvalue weighted by Crippen LogP contribution is 2.35. The summed E-state index contributed by atoms with van der Waals surface area (Å²) >= 11 is 0.